The van der Waals surface area contributed by atoms with Gasteiger partial charge in [-0.15, -0.1) is 0 Å². The molecule has 0 unspecified atom stereocenters. The molecule has 6 nitrogen and oxygen atoms in total. The van der Waals surface area contributed by atoms with Gasteiger partial charge in [0.25, 0.3) is 5.91 Å². The summed E-state index contributed by atoms with van der Waals surface area (Å²) in [6, 6.07) is 7.37. The molecule has 0 bridgehead atoms. The van der Waals surface area contributed by atoms with Gasteiger partial charge in [-0.05, 0) is 56.9 Å². The molecule has 1 aromatic rings. The normalized spacial score (nSPS) is 18.5. The van der Waals surface area contributed by atoms with Gasteiger partial charge in [-0.25, -0.2) is 0 Å². The highest BCUT2D eigenvalue weighted by atomic mass is 16.5. The Morgan fingerprint density at radius 1 is 0.964 bits per heavy atom. The minimum atomic E-state index is -0.119. The number of rotatable bonds is 7. The van der Waals surface area contributed by atoms with E-state index in [1.54, 1.807) is 12.1 Å². The van der Waals surface area contributed by atoms with Crippen molar-refractivity contribution in [3.05, 3.63) is 24.3 Å². The van der Waals surface area contributed by atoms with Crippen molar-refractivity contribution in [2.75, 3.05) is 26.3 Å². The van der Waals surface area contributed by atoms with Gasteiger partial charge < -0.3 is 19.7 Å². The van der Waals surface area contributed by atoms with Crippen LogP contribution >= 0.6 is 0 Å². The highest BCUT2D eigenvalue weighted by Crippen LogP contribution is 2.26. The highest BCUT2D eigenvalue weighted by molar-refractivity contribution is 5.79. The van der Waals surface area contributed by atoms with Crippen molar-refractivity contribution in [1.29, 1.82) is 0 Å². The van der Waals surface area contributed by atoms with Gasteiger partial charge in [0, 0.05) is 25.0 Å². The summed E-state index contributed by atoms with van der Waals surface area (Å²) in [5.41, 5.74) is 0. The molecule has 3 rings (SSSR count). The zero-order valence-corrected chi connectivity index (χ0v) is 16.8. The number of hydrogen-bond acceptors (Lipinski definition) is 4. The number of nitrogens with one attached hydrogen (secondary N) is 1. The number of benzene rings is 1. The van der Waals surface area contributed by atoms with E-state index in [0.29, 0.717) is 18.3 Å². The van der Waals surface area contributed by atoms with Gasteiger partial charge in [0.1, 0.15) is 11.5 Å². The molecule has 1 aromatic carbocycles. The Kier molecular flexibility index (Phi) is 7.57. The summed E-state index contributed by atoms with van der Waals surface area (Å²) in [4.78, 5) is 26.8. The SMILES string of the molecule is CCOc1ccc(OCC(=O)NC2CCN(C(=O)C3CCCCC3)CC2)cc1. The number of carbonyl (C=O) groups excluding carboxylic acids is 2. The minimum absolute atomic E-state index is 0.00476. The zero-order valence-electron chi connectivity index (χ0n) is 16.8. The van der Waals surface area contributed by atoms with Crippen LogP contribution in [0.1, 0.15) is 51.9 Å². The van der Waals surface area contributed by atoms with Gasteiger partial charge in [-0.3, -0.25) is 9.59 Å². The Morgan fingerprint density at radius 3 is 2.18 bits per heavy atom. The average molecular weight is 389 g/mol. The largest absolute Gasteiger partial charge is 0.494 e. The number of ether oxygens (including phenoxy) is 2. The fourth-order valence-electron chi connectivity index (χ4n) is 4.07. The third-order valence-corrected chi connectivity index (χ3v) is 5.63. The van der Waals surface area contributed by atoms with Crippen LogP contribution in [0.5, 0.6) is 11.5 Å². The lowest BCUT2D eigenvalue weighted by Gasteiger charge is -2.35. The van der Waals surface area contributed by atoms with Crippen molar-refractivity contribution in [1.82, 2.24) is 10.2 Å². The molecule has 0 radical (unpaired) electrons. The van der Waals surface area contributed by atoms with E-state index in [1.165, 1.54) is 19.3 Å². The lowest BCUT2D eigenvalue weighted by Crippen LogP contribution is -2.49. The van der Waals surface area contributed by atoms with Crippen LogP contribution in [-0.4, -0.2) is 49.1 Å². The third kappa shape index (κ3) is 5.88. The van der Waals surface area contributed by atoms with Gasteiger partial charge in [0.2, 0.25) is 5.91 Å². The smallest absolute Gasteiger partial charge is 0.258 e. The van der Waals surface area contributed by atoms with Crippen LogP contribution < -0.4 is 14.8 Å². The van der Waals surface area contributed by atoms with Gasteiger partial charge in [0.15, 0.2) is 6.61 Å². The van der Waals surface area contributed by atoms with E-state index in [2.05, 4.69) is 5.32 Å². The first-order valence-electron chi connectivity index (χ1n) is 10.6. The lowest BCUT2D eigenvalue weighted by molar-refractivity contribution is -0.137. The Bertz CT molecular complexity index is 632. The van der Waals surface area contributed by atoms with Crippen molar-refractivity contribution in [2.24, 2.45) is 5.92 Å². The van der Waals surface area contributed by atoms with E-state index in [9.17, 15) is 9.59 Å². The van der Waals surface area contributed by atoms with Crippen molar-refractivity contribution >= 4 is 11.8 Å². The lowest BCUT2D eigenvalue weighted by atomic mass is 9.87. The molecule has 0 aromatic heterocycles. The second-order valence-electron chi connectivity index (χ2n) is 7.70. The molecule has 6 heteroatoms. The van der Waals surface area contributed by atoms with Crippen LogP contribution in [0.4, 0.5) is 0 Å². The first-order chi connectivity index (χ1) is 13.7. The molecule has 1 aliphatic carbocycles. The molecule has 2 fully saturated rings. The summed E-state index contributed by atoms with van der Waals surface area (Å²) in [5, 5.41) is 3.03. The van der Waals surface area contributed by atoms with E-state index < -0.39 is 0 Å². The van der Waals surface area contributed by atoms with Gasteiger partial charge in [-0.1, -0.05) is 19.3 Å². The predicted octanol–water partition coefficient (Wildman–Crippen LogP) is 3.15. The molecule has 2 aliphatic rings. The maximum absolute atomic E-state index is 12.6. The summed E-state index contributed by atoms with van der Waals surface area (Å²) >= 11 is 0. The van der Waals surface area contributed by atoms with E-state index in [4.69, 9.17) is 9.47 Å². The van der Waals surface area contributed by atoms with Crippen LogP contribution in [0.3, 0.4) is 0 Å². The molecule has 1 aliphatic heterocycles. The quantitative estimate of drug-likeness (QED) is 0.779. The maximum atomic E-state index is 12.6. The Balaban J connectivity index is 1.35. The van der Waals surface area contributed by atoms with Gasteiger partial charge in [-0.2, -0.15) is 0 Å². The van der Waals surface area contributed by atoms with E-state index >= 15 is 0 Å². The number of piperidine rings is 1. The number of nitrogens with zero attached hydrogens (tertiary/aromatic N) is 1. The summed E-state index contributed by atoms with van der Waals surface area (Å²) in [6.45, 7) is 4.02. The molecule has 0 spiro atoms. The molecule has 28 heavy (non-hydrogen) atoms. The number of carbonyl (C=O) groups is 2. The van der Waals surface area contributed by atoms with Crippen molar-refractivity contribution in [3.63, 3.8) is 0 Å². The molecule has 1 heterocycles. The maximum Gasteiger partial charge on any atom is 0.258 e. The molecule has 1 saturated carbocycles. The molecule has 1 N–H and O–H groups in total. The van der Waals surface area contributed by atoms with E-state index in [1.807, 2.05) is 24.0 Å². The first-order valence-corrected chi connectivity index (χ1v) is 10.6. The standard InChI is InChI=1S/C22H32N2O4/c1-2-27-19-8-10-20(11-9-19)28-16-21(25)23-18-12-14-24(15-13-18)22(26)17-6-4-3-5-7-17/h8-11,17-18H,2-7,12-16H2,1H3,(H,23,25). The highest BCUT2D eigenvalue weighted by Gasteiger charge is 2.29. The molecule has 0 atom stereocenters. The second kappa shape index (κ2) is 10.3. The summed E-state index contributed by atoms with van der Waals surface area (Å²) in [7, 11) is 0. The molecule has 1 saturated heterocycles. The molecular weight excluding hydrogens is 356 g/mol. The fourth-order valence-corrected chi connectivity index (χ4v) is 4.07. The minimum Gasteiger partial charge on any atom is -0.494 e. The predicted molar refractivity (Wildman–Crippen MR) is 107 cm³/mol. The molecule has 154 valence electrons. The second-order valence-corrected chi connectivity index (χ2v) is 7.70. The van der Waals surface area contributed by atoms with Crippen molar-refractivity contribution in [2.45, 2.75) is 57.9 Å². The van der Waals surface area contributed by atoms with Crippen molar-refractivity contribution < 1.29 is 19.1 Å². The zero-order chi connectivity index (χ0) is 19.8. The van der Waals surface area contributed by atoms with Crippen LogP contribution in [0, 0.1) is 5.92 Å². The average Bonchev–Trinajstić information content (AvgIpc) is 2.74. The molecule has 2 amide bonds. The van der Waals surface area contributed by atoms with E-state index in [-0.39, 0.29) is 24.5 Å². The Labute approximate surface area is 167 Å². The first kappa shape index (κ1) is 20.5. The van der Waals surface area contributed by atoms with E-state index in [0.717, 1.165) is 44.5 Å². The van der Waals surface area contributed by atoms with Gasteiger partial charge in [0.05, 0.1) is 6.61 Å². The van der Waals surface area contributed by atoms with Crippen LogP contribution in [0.2, 0.25) is 0 Å². The van der Waals surface area contributed by atoms with Crippen LogP contribution in [0.25, 0.3) is 0 Å². The number of hydrogen-bond donors (Lipinski definition) is 1. The number of amides is 2. The van der Waals surface area contributed by atoms with Crippen LogP contribution in [0.15, 0.2) is 24.3 Å². The third-order valence-electron chi connectivity index (χ3n) is 5.63. The summed E-state index contributed by atoms with van der Waals surface area (Å²) < 4.78 is 10.9. The van der Waals surface area contributed by atoms with Crippen molar-refractivity contribution in [3.8, 4) is 11.5 Å². The monoisotopic (exact) mass is 388 g/mol. The summed E-state index contributed by atoms with van der Waals surface area (Å²) in [6.07, 6.45) is 7.32. The fraction of sp³-hybridized carbons (Fsp3) is 0.636. The number of likely N-dealkylation sites (tertiary alicyclic amines) is 1. The topological polar surface area (TPSA) is 67.9 Å². The molecular formula is C22H32N2O4. The Morgan fingerprint density at radius 2 is 1.57 bits per heavy atom. The van der Waals surface area contributed by atoms with Crippen LogP contribution in [-0.2, 0) is 9.59 Å². The van der Waals surface area contributed by atoms with Gasteiger partial charge >= 0.3 is 0 Å². The summed E-state index contributed by atoms with van der Waals surface area (Å²) in [5.74, 6) is 1.86. The Hall–Kier alpha value is -2.24.